The fraction of sp³-hybridized carbons (Fsp3) is 0.300. The lowest BCUT2D eigenvalue weighted by Gasteiger charge is -2.03. The smallest absolute Gasteiger partial charge is 0.337 e. The average molecular weight is 226 g/mol. The molecule has 0 bridgehead atoms. The second-order valence-electron chi connectivity index (χ2n) is 3.71. The highest BCUT2D eigenvalue weighted by Gasteiger charge is 2.35. The summed E-state index contributed by atoms with van der Waals surface area (Å²) in [6.45, 7) is 1.79. The van der Waals surface area contributed by atoms with Gasteiger partial charge in [-0.25, -0.2) is 13.2 Å². The van der Waals surface area contributed by atoms with Crippen LogP contribution in [0.25, 0.3) is 0 Å². The van der Waals surface area contributed by atoms with Crippen molar-refractivity contribution in [2.75, 3.05) is 5.75 Å². The van der Waals surface area contributed by atoms with E-state index in [1.807, 2.05) is 0 Å². The molecular formula is C10H10O4S. The molecule has 1 aliphatic heterocycles. The second kappa shape index (κ2) is 3.06. The lowest BCUT2D eigenvalue weighted by Crippen LogP contribution is -2.07. The monoisotopic (exact) mass is 226 g/mol. The van der Waals surface area contributed by atoms with E-state index >= 15 is 0 Å². The molecule has 0 fully saturated rings. The van der Waals surface area contributed by atoms with Crippen molar-refractivity contribution in [3.63, 3.8) is 0 Å². The van der Waals surface area contributed by atoms with Gasteiger partial charge in [-0.05, 0) is 17.5 Å². The van der Waals surface area contributed by atoms with Crippen molar-refractivity contribution >= 4 is 15.8 Å². The van der Waals surface area contributed by atoms with Crippen LogP contribution in [0.3, 0.4) is 0 Å². The van der Waals surface area contributed by atoms with Crippen molar-refractivity contribution in [1.82, 2.24) is 0 Å². The van der Waals surface area contributed by atoms with Gasteiger partial charge in [-0.3, -0.25) is 0 Å². The number of hydrogen-bond acceptors (Lipinski definition) is 3. The first-order valence-corrected chi connectivity index (χ1v) is 6.17. The minimum atomic E-state index is -3.41. The molecule has 0 aliphatic carbocycles. The molecule has 4 nitrogen and oxygen atoms in total. The maximum absolute atomic E-state index is 11.7. The van der Waals surface area contributed by atoms with Gasteiger partial charge in [0, 0.05) is 0 Å². The Morgan fingerprint density at radius 3 is 2.73 bits per heavy atom. The van der Waals surface area contributed by atoms with Crippen LogP contribution in [0.2, 0.25) is 0 Å². The standard InChI is InChI=1S/C10H10O4S/c1-6-5-15(13,14)9-7(6)3-2-4-8(9)10(11)12/h2-4,6H,5H2,1H3,(H,11,12). The molecule has 1 N–H and O–H groups in total. The van der Waals surface area contributed by atoms with Gasteiger partial charge in [0.2, 0.25) is 0 Å². The molecule has 0 saturated heterocycles. The van der Waals surface area contributed by atoms with Crippen molar-refractivity contribution < 1.29 is 18.3 Å². The number of carbonyl (C=O) groups is 1. The normalized spacial score (nSPS) is 22.3. The largest absolute Gasteiger partial charge is 0.478 e. The molecule has 1 aromatic rings. The summed E-state index contributed by atoms with van der Waals surface area (Å²) in [5.41, 5.74) is 0.506. The third kappa shape index (κ3) is 1.43. The minimum absolute atomic E-state index is 0.00463. The number of aromatic carboxylic acids is 1. The molecule has 1 unspecified atom stereocenters. The first-order valence-electron chi connectivity index (χ1n) is 4.52. The number of carboxylic acids is 1. The number of rotatable bonds is 1. The van der Waals surface area contributed by atoms with E-state index in [0.717, 1.165) is 0 Å². The van der Waals surface area contributed by atoms with Crippen molar-refractivity contribution in [2.45, 2.75) is 17.7 Å². The molecule has 0 aromatic heterocycles. The molecule has 1 aromatic carbocycles. The molecule has 0 saturated carbocycles. The van der Waals surface area contributed by atoms with E-state index in [4.69, 9.17) is 5.11 Å². The molecule has 0 amide bonds. The van der Waals surface area contributed by atoms with E-state index in [9.17, 15) is 13.2 Å². The van der Waals surface area contributed by atoms with Crippen LogP contribution in [0.4, 0.5) is 0 Å². The highest BCUT2D eigenvalue weighted by atomic mass is 32.2. The van der Waals surface area contributed by atoms with Gasteiger partial charge in [-0.1, -0.05) is 19.1 Å². The quantitative estimate of drug-likeness (QED) is 0.782. The van der Waals surface area contributed by atoms with Gasteiger partial charge in [0.1, 0.15) is 0 Å². The van der Waals surface area contributed by atoms with Crippen LogP contribution in [0.5, 0.6) is 0 Å². The summed E-state index contributed by atoms with van der Waals surface area (Å²) >= 11 is 0. The van der Waals surface area contributed by atoms with E-state index in [0.29, 0.717) is 5.56 Å². The Hall–Kier alpha value is -1.36. The summed E-state index contributed by atoms with van der Waals surface area (Å²) in [6, 6.07) is 4.59. The zero-order valence-corrected chi connectivity index (χ0v) is 8.91. The second-order valence-corrected chi connectivity index (χ2v) is 5.68. The predicted molar refractivity (Wildman–Crippen MR) is 53.9 cm³/mol. The summed E-state index contributed by atoms with van der Waals surface area (Å²) in [5, 5.41) is 8.90. The maximum atomic E-state index is 11.7. The number of benzene rings is 1. The Balaban J connectivity index is 2.81. The Kier molecular flexibility index (Phi) is 2.08. The van der Waals surface area contributed by atoms with E-state index < -0.39 is 15.8 Å². The molecular weight excluding hydrogens is 216 g/mol. The van der Waals surface area contributed by atoms with Crippen molar-refractivity contribution in [3.05, 3.63) is 29.3 Å². The van der Waals surface area contributed by atoms with Crippen molar-refractivity contribution in [1.29, 1.82) is 0 Å². The molecule has 0 spiro atoms. The van der Waals surface area contributed by atoms with Crippen LogP contribution >= 0.6 is 0 Å². The summed E-state index contributed by atoms with van der Waals surface area (Å²) in [4.78, 5) is 10.9. The number of sulfone groups is 1. The fourth-order valence-electron chi connectivity index (χ4n) is 1.96. The topological polar surface area (TPSA) is 71.4 Å². The molecule has 5 heteroatoms. The zero-order chi connectivity index (χ0) is 11.2. The Morgan fingerprint density at radius 2 is 2.13 bits per heavy atom. The number of carboxylic acid groups (broad SMARTS) is 1. The van der Waals surface area contributed by atoms with Gasteiger partial charge < -0.3 is 5.11 Å². The average Bonchev–Trinajstić information content (AvgIpc) is 2.37. The van der Waals surface area contributed by atoms with Crippen LogP contribution in [0.1, 0.15) is 28.8 Å². The first-order chi connectivity index (χ1) is 6.93. The third-order valence-corrected chi connectivity index (χ3v) is 4.60. The van der Waals surface area contributed by atoms with Crippen LogP contribution in [-0.4, -0.2) is 25.2 Å². The maximum Gasteiger partial charge on any atom is 0.337 e. The van der Waals surface area contributed by atoms with Crippen molar-refractivity contribution in [3.8, 4) is 0 Å². The number of hydrogen-bond donors (Lipinski definition) is 1. The van der Waals surface area contributed by atoms with Gasteiger partial charge in [-0.15, -0.1) is 0 Å². The Morgan fingerprint density at radius 1 is 1.47 bits per heavy atom. The summed E-state index contributed by atoms with van der Waals surface area (Å²) in [7, 11) is -3.41. The van der Waals surface area contributed by atoms with E-state index in [2.05, 4.69) is 0 Å². The van der Waals surface area contributed by atoms with E-state index in [1.165, 1.54) is 6.07 Å². The van der Waals surface area contributed by atoms with Gasteiger partial charge in [0.05, 0.1) is 16.2 Å². The fourth-order valence-corrected chi connectivity index (χ4v) is 4.08. The van der Waals surface area contributed by atoms with Crippen LogP contribution in [0, 0.1) is 0 Å². The Labute approximate surface area is 87.5 Å². The van der Waals surface area contributed by atoms with E-state index in [-0.39, 0.29) is 22.1 Å². The Bertz CT molecular complexity index is 530. The predicted octanol–water partition coefficient (Wildman–Crippen LogP) is 1.28. The van der Waals surface area contributed by atoms with E-state index in [1.54, 1.807) is 19.1 Å². The lowest BCUT2D eigenvalue weighted by atomic mass is 10.0. The molecule has 80 valence electrons. The third-order valence-electron chi connectivity index (χ3n) is 2.59. The lowest BCUT2D eigenvalue weighted by molar-refractivity contribution is 0.0692. The SMILES string of the molecule is CC1CS(=O)(=O)c2c(C(=O)O)cccc21. The summed E-state index contributed by atoms with van der Waals surface area (Å²) in [6.07, 6.45) is 0. The van der Waals surface area contributed by atoms with Crippen LogP contribution in [0.15, 0.2) is 23.1 Å². The van der Waals surface area contributed by atoms with Crippen molar-refractivity contribution in [2.24, 2.45) is 0 Å². The summed E-state index contributed by atoms with van der Waals surface area (Å²) in [5.74, 6) is -1.30. The highest BCUT2D eigenvalue weighted by Crippen LogP contribution is 2.36. The van der Waals surface area contributed by atoms with Crippen LogP contribution in [-0.2, 0) is 9.84 Å². The summed E-state index contributed by atoms with van der Waals surface area (Å²) < 4.78 is 23.5. The van der Waals surface area contributed by atoms with Crippen LogP contribution < -0.4 is 0 Å². The minimum Gasteiger partial charge on any atom is -0.478 e. The zero-order valence-electron chi connectivity index (χ0n) is 8.10. The highest BCUT2D eigenvalue weighted by molar-refractivity contribution is 7.91. The molecule has 2 rings (SSSR count). The molecule has 1 aliphatic rings. The molecule has 15 heavy (non-hydrogen) atoms. The van der Waals surface area contributed by atoms with Gasteiger partial charge >= 0.3 is 5.97 Å². The van der Waals surface area contributed by atoms with Gasteiger partial charge in [0.25, 0.3) is 0 Å². The molecule has 0 radical (unpaired) electrons. The molecule has 1 heterocycles. The van der Waals surface area contributed by atoms with Gasteiger partial charge in [0.15, 0.2) is 9.84 Å². The first kappa shape index (κ1) is 10.2. The van der Waals surface area contributed by atoms with Gasteiger partial charge in [-0.2, -0.15) is 0 Å². The number of fused-ring (bicyclic) bond motifs is 1. The molecule has 1 atom stereocenters.